The topological polar surface area (TPSA) is 11.4 Å². The van der Waals surface area contributed by atoms with Crippen molar-refractivity contribution in [3.05, 3.63) is 211 Å². The number of anilines is 6. The first-order chi connectivity index (χ1) is 32.3. The molecular formula is C62H57N3Si2. The van der Waals surface area contributed by atoms with Crippen molar-refractivity contribution in [3.8, 4) is 5.69 Å². The van der Waals surface area contributed by atoms with Gasteiger partial charge >= 0.3 is 0 Å². The second-order valence-electron chi connectivity index (χ2n) is 20.5. The number of hydrogen-bond acceptors (Lipinski definition) is 2. The van der Waals surface area contributed by atoms with E-state index in [0.29, 0.717) is 0 Å². The van der Waals surface area contributed by atoms with Gasteiger partial charge in [0.25, 0.3) is 0 Å². The molecule has 11 aromatic rings. The highest BCUT2D eigenvalue weighted by molar-refractivity contribution is 6.89. The van der Waals surface area contributed by atoms with Crippen molar-refractivity contribution in [2.24, 2.45) is 0 Å². The molecule has 0 saturated heterocycles. The van der Waals surface area contributed by atoms with Gasteiger partial charge in [-0.15, -0.1) is 0 Å². The summed E-state index contributed by atoms with van der Waals surface area (Å²) in [6, 6.07) is 75.6. The molecule has 0 radical (unpaired) electrons. The first-order valence-corrected chi connectivity index (χ1v) is 30.7. The van der Waals surface area contributed by atoms with Crippen molar-refractivity contribution in [2.75, 3.05) is 9.80 Å². The van der Waals surface area contributed by atoms with Crippen LogP contribution >= 0.6 is 0 Å². The van der Waals surface area contributed by atoms with E-state index in [1.807, 2.05) is 0 Å². The molecule has 1 heterocycles. The number of fused-ring (bicyclic) bond motifs is 8. The summed E-state index contributed by atoms with van der Waals surface area (Å²) in [5.41, 5.74) is 12.8. The van der Waals surface area contributed by atoms with Gasteiger partial charge in [0.05, 0.1) is 38.6 Å². The van der Waals surface area contributed by atoms with E-state index in [4.69, 9.17) is 0 Å². The molecule has 0 amide bonds. The van der Waals surface area contributed by atoms with Crippen LogP contribution in [-0.4, -0.2) is 20.7 Å². The molecule has 328 valence electrons. The fourth-order valence-electron chi connectivity index (χ4n) is 10.1. The number of aryl methyl sites for hydroxylation is 2. The Hall–Kier alpha value is -7.19. The minimum Gasteiger partial charge on any atom is -0.310 e. The molecule has 0 fully saturated rings. The van der Waals surface area contributed by atoms with Gasteiger partial charge in [-0.25, -0.2) is 0 Å². The summed E-state index contributed by atoms with van der Waals surface area (Å²) in [6.45, 7) is 18.9. The van der Waals surface area contributed by atoms with E-state index in [0.717, 1.165) is 39.8 Å². The molecule has 0 aliphatic carbocycles. The Kier molecular flexibility index (Phi) is 10.3. The van der Waals surface area contributed by atoms with Crippen LogP contribution in [0.15, 0.2) is 200 Å². The van der Waals surface area contributed by atoms with E-state index in [9.17, 15) is 0 Å². The van der Waals surface area contributed by atoms with Crippen molar-refractivity contribution in [3.63, 3.8) is 0 Å². The summed E-state index contributed by atoms with van der Waals surface area (Å²) in [7, 11) is -3.07. The lowest BCUT2D eigenvalue weighted by molar-refractivity contribution is 1.18. The Labute approximate surface area is 397 Å². The van der Waals surface area contributed by atoms with Gasteiger partial charge in [0, 0.05) is 50.0 Å². The molecule has 3 nitrogen and oxygen atoms in total. The molecule has 0 aliphatic rings. The molecule has 1 aromatic heterocycles. The van der Waals surface area contributed by atoms with Crippen LogP contribution in [0.4, 0.5) is 34.1 Å². The minimum atomic E-state index is -1.54. The third-order valence-electron chi connectivity index (χ3n) is 13.8. The molecule has 11 rings (SSSR count). The zero-order valence-electron chi connectivity index (χ0n) is 39.9. The molecule has 0 spiro atoms. The summed E-state index contributed by atoms with van der Waals surface area (Å²) >= 11 is 0. The normalized spacial score (nSPS) is 12.2. The quantitative estimate of drug-likeness (QED) is 0.134. The molecule has 5 heteroatoms. The second-order valence-corrected chi connectivity index (χ2v) is 30.6. The van der Waals surface area contributed by atoms with Crippen LogP contribution < -0.4 is 20.2 Å². The number of benzene rings is 10. The van der Waals surface area contributed by atoms with Crippen LogP contribution in [0.2, 0.25) is 39.3 Å². The second kappa shape index (κ2) is 16.3. The fourth-order valence-corrected chi connectivity index (χ4v) is 12.5. The van der Waals surface area contributed by atoms with Crippen molar-refractivity contribution in [2.45, 2.75) is 53.1 Å². The summed E-state index contributed by atoms with van der Waals surface area (Å²) in [5, 5.41) is 12.7. The van der Waals surface area contributed by atoms with Crippen LogP contribution in [0.25, 0.3) is 59.8 Å². The van der Waals surface area contributed by atoms with E-state index < -0.39 is 16.1 Å². The Morgan fingerprint density at radius 1 is 0.343 bits per heavy atom. The van der Waals surface area contributed by atoms with Gasteiger partial charge in [-0.2, -0.15) is 0 Å². The van der Waals surface area contributed by atoms with Gasteiger partial charge in [0.15, 0.2) is 0 Å². The average molecular weight is 900 g/mol. The molecule has 67 heavy (non-hydrogen) atoms. The lowest BCUT2D eigenvalue weighted by atomic mass is 9.96. The molecule has 0 aliphatic heterocycles. The van der Waals surface area contributed by atoms with Gasteiger partial charge < -0.3 is 14.4 Å². The molecule has 0 saturated carbocycles. The lowest BCUT2D eigenvalue weighted by Crippen LogP contribution is -2.37. The van der Waals surface area contributed by atoms with Crippen LogP contribution in [0, 0.1) is 13.8 Å². The van der Waals surface area contributed by atoms with E-state index in [1.165, 1.54) is 75.6 Å². The predicted molar refractivity (Wildman–Crippen MR) is 298 cm³/mol. The molecule has 10 aromatic carbocycles. The van der Waals surface area contributed by atoms with Gasteiger partial charge in [0.1, 0.15) is 0 Å². The summed E-state index contributed by atoms with van der Waals surface area (Å²) in [6.07, 6.45) is 0. The third-order valence-corrected chi connectivity index (χ3v) is 17.9. The van der Waals surface area contributed by atoms with E-state index in [2.05, 4.69) is 268 Å². The van der Waals surface area contributed by atoms with Crippen molar-refractivity contribution in [1.82, 2.24) is 4.57 Å². The number of hydrogen-bond donors (Lipinski definition) is 0. The maximum absolute atomic E-state index is 2.55. The molecule has 0 atom stereocenters. The number of aromatic nitrogens is 1. The maximum Gasteiger partial charge on any atom is 0.0775 e. The van der Waals surface area contributed by atoms with Crippen LogP contribution in [0.5, 0.6) is 0 Å². The smallest absolute Gasteiger partial charge is 0.0775 e. The van der Waals surface area contributed by atoms with Gasteiger partial charge in [-0.05, 0) is 108 Å². The van der Waals surface area contributed by atoms with E-state index in [-0.39, 0.29) is 0 Å². The maximum atomic E-state index is 2.55. The highest BCUT2D eigenvalue weighted by Crippen LogP contribution is 2.50. The van der Waals surface area contributed by atoms with Crippen LogP contribution in [0.1, 0.15) is 11.1 Å². The lowest BCUT2D eigenvalue weighted by Gasteiger charge is -2.28. The monoisotopic (exact) mass is 899 g/mol. The summed E-state index contributed by atoms with van der Waals surface area (Å²) in [5.74, 6) is 0. The largest absolute Gasteiger partial charge is 0.310 e. The van der Waals surface area contributed by atoms with Gasteiger partial charge in [0.2, 0.25) is 0 Å². The Morgan fingerprint density at radius 2 is 0.701 bits per heavy atom. The van der Waals surface area contributed by atoms with Gasteiger partial charge in [-0.3, -0.25) is 0 Å². The standard InChI is InChI=1S/C62H57N3Si2/c1-42-21-26-46(27-22-42)63(48-31-35-51(36-32-48)66(3,4)5)57-40-59-61(55-19-13-11-17-53(55)57)62-56-20-14-12-18-54(56)58(41-60(62)65(59)50-30-25-44-15-9-10-16-45(44)39-50)64(47-28-23-43(2)24-29-47)49-33-37-52(38-34-49)67(6,7)8/h9-41H,1-8H3. The molecule has 0 N–H and O–H groups in total. The van der Waals surface area contributed by atoms with Crippen LogP contribution in [-0.2, 0) is 0 Å². The Morgan fingerprint density at radius 3 is 1.10 bits per heavy atom. The average Bonchev–Trinajstić information content (AvgIpc) is 3.67. The van der Waals surface area contributed by atoms with Crippen LogP contribution in [0.3, 0.4) is 0 Å². The summed E-state index contributed by atoms with van der Waals surface area (Å²) < 4.78 is 2.55. The van der Waals surface area contributed by atoms with Crippen molar-refractivity contribution >= 4 is 115 Å². The number of rotatable bonds is 9. The highest BCUT2D eigenvalue weighted by atomic mass is 28.3. The fraction of sp³-hybridized carbons (Fsp3) is 0.129. The first-order valence-electron chi connectivity index (χ1n) is 23.7. The Bertz CT molecular complexity index is 3450. The first kappa shape index (κ1) is 42.4. The van der Waals surface area contributed by atoms with E-state index >= 15 is 0 Å². The van der Waals surface area contributed by atoms with E-state index in [1.54, 1.807) is 0 Å². The Balaban J connectivity index is 1.28. The zero-order valence-corrected chi connectivity index (χ0v) is 41.9. The molecule has 0 unspecified atom stereocenters. The predicted octanol–water partition coefficient (Wildman–Crippen LogP) is 16.9. The number of nitrogens with zero attached hydrogens (tertiary/aromatic N) is 3. The molecule has 0 bridgehead atoms. The minimum absolute atomic E-state index is 1.13. The summed E-state index contributed by atoms with van der Waals surface area (Å²) in [4.78, 5) is 4.95. The zero-order chi connectivity index (χ0) is 46.2. The van der Waals surface area contributed by atoms with Gasteiger partial charge in [-0.1, -0.05) is 188 Å². The van der Waals surface area contributed by atoms with Crippen molar-refractivity contribution < 1.29 is 0 Å². The third kappa shape index (κ3) is 7.53. The SMILES string of the molecule is Cc1ccc(N(c2ccc([Si](C)(C)C)cc2)c2cc3c(c4ccccc24)c2c4ccccc4c(N(c4ccc(C)cc4)c4ccc([Si](C)(C)C)cc4)cc2n3-c2ccc3ccccc3c2)cc1. The molecular weight excluding hydrogens is 843 g/mol. The highest BCUT2D eigenvalue weighted by Gasteiger charge is 2.27. The van der Waals surface area contributed by atoms with Crippen molar-refractivity contribution in [1.29, 1.82) is 0 Å².